The first kappa shape index (κ1) is 25.6. The molecule has 0 fully saturated rings. The number of rotatable bonds is 10. The third-order valence-electron chi connectivity index (χ3n) is 6.44. The van der Waals surface area contributed by atoms with Gasteiger partial charge in [-0.15, -0.1) is 0 Å². The summed E-state index contributed by atoms with van der Waals surface area (Å²) < 4.78 is 6.77. The van der Waals surface area contributed by atoms with Crippen LogP contribution in [0.15, 0.2) is 152 Å². The van der Waals surface area contributed by atoms with Crippen LogP contribution in [-0.2, 0) is 11.3 Å². The summed E-state index contributed by atoms with van der Waals surface area (Å²) in [6, 6.07) is 54.8. The van der Waals surface area contributed by atoms with Crippen molar-refractivity contribution in [1.29, 1.82) is 0 Å². The fraction of sp³-hybridized carbons (Fsp3) is 0.118. The molecule has 0 aliphatic heterocycles. The average molecular weight is 519 g/mol. The van der Waals surface area contributed by atoms with E-state index in [0.29, 0.717) is 6.61 Å². The Morgan fingerprint density at radius 3 is 1.08 bits per heavy atom. The Bertz CT molecular complexity index is 1170. The molecule has 5 rings (SSSR count). The molecule has 1 nitrogen and oxygen atoms in total. The highest BCUT2D eigenvalue weighted by molar-refractivity contribution is 7.89. The van der Waals surface area contributed by atoms with E-state index in [4.69, 9.17) is 4.74 Å². The summed E-state index contributed by atoms with van der Waals surface area (Å²) >= 11 is 0. The van der Waals surface area contributed by atoms with Crippen molar-refractivity contribution in [3.8, 4) is 0 Å². The SMILES string of the molecule is CC(OCc1ccccc1)C(P(c1ccccc1)c1ccccc1)P(c1ccccc1)c1ccccc1. The first-order valence-electron chi connectivity index (χ1n) is 12.8. The summed E-state index contributed by atoms with van der Waals surface area (Å²) in [5.41, 5.74) is 1.21. The summed E-state index contributed by atoms with van der Waals surface area (Å²) in [4.78, 5) is 0. The highest BCUT2D eigenvalue weighted by Gasteiger charge is 2.38. The van der Waals surface area contributed by atoms with Crippen LogP contribution in [0.3, 0.4) is 0 Å². The summed E-state index contributed by atoms with van der Waals surface area (Å²) in [5, 5.41) is 5.85. The first-order chi connectivity index (χ1) is 18.3. The van der Waals surface area contributed by atoms with E-state index in [0.717, 1.165) is 0 Å². The maximum Gasteiger partial charge on any atom is 0.0721 e. The topological polar surface area (TPSA) is 9.23 Å². The van der Waals surface area contributed by atoms with Crippen LogP contribution in [-0.4, -0.2) is 11.5 Å². The fourth-order valence-electron chi connectivity index (χ4n) is 4.69. The van der Waals surface area contributed by atoms with Gasteiger partial charge in [0.1, 0.15) is 0 Å². The second kappa shape index (κ2) is 12.9. The smallest absolute Gasteiger partial charge is 0.0721 e. The Balaban J connectivity index is 1.66. The van der Waals surface area contributed by atoms with Crippen molar-refractivity contribution in [3.63, 3.8) is 0 Å². The molecule has 0 N–H and O–H groups in total. The van der Waals surface area contributed by atoms with E-state index in [1.54, 1.807) is 0 Å². The summed E-state index contributed by atoms with van der Waals surface area (Å²) in [6.07, 6.45) is 0.0400. The average Bonchev–Trinajstić information content (AvgIpc) is 2.98. The van der Waals surface area contributed by atoms with Crippen LogP contribution in [0.5, 0.6) is 0 Å². The molecule has 1 unspecified atom stereocenters. The molecule has 1 atom stereocenters. The van der Waals surface area contributed by atoms with Gasteiger partial charge in [-0.25, -0.2) is 0 Å². The van der Waals surface area contributed by atoms with Gasteiger partial charge in [-0.2, -0.15) is 0 Å². The van der Waals surface area contributed by atoms with Gasteiger partial charge < -0.3 is 4.74 Å². The van der Waals surface area contributed by atoms with E-state index in [-0.39, 0.29) is 11.5 Å². The second-order valence-corrected chi connectivity index (χ2v) is 14.1. The van der Waals surface area contributed by atoms with Gasteiger partial charge in [-0.05, 0) is 49.5 Å². The molecule has 0 heterocycles. The van der Waals surface area contributed by atoms with Crippen LogP contribution < -0.4 is 21.2 Å². The van der Waals surface area contributed by atoms with Gasteiger partial charge in [0.15, 0.2) is 0 Å². The molecule has 0 aliphatic carbocycles. The van der Waals surface area contributed by atoms with Gasteiger partial charge >= 0.3 is 0 Å². The predicted octanol–water partition coefficient (Wildman–Crippen LogP) is 7.18. The van der Waals surface area contributed by atoms with Crippen LogP contribution in [0, 0.1) is 0 Å². The molecule has 37 heavy (non-hydrogen) atoms. The minimum atomic E-state index is -0.717. The molecule has 0 aromatic heterocycles. The largest absolute Gasteiger partial charge is 0.373 e. The van der Waals surface area contributed by atoms with Crippen molar-refractivity contribution >= 4 is 37.1 Å². The summed E-state index contributed by atoms with van der Waals surface area (Å²) in [7, 11) is -1.43. The Hall–Kier alpha value is -3.08. The van der Waals surface area contributed by atoms with Gasteiger partial charge in [0.2, 0.25) is 0 Å². The third kappa shape index (κ3) is 6.44. The van der Waals surface area contributed by atoms with Crippen molar-refractivity contribution in [1.82, 2.24) is 0 Å². The maximum atomic E-state index is 6.77. The van der Waals surface area contributed by atoms with Gasteiger partial charge in [-0.1, -0.05) is 152 Å². The summed E-state index contributed by atoms with van der Waals surface area (Å²) in [6.45, 7) is 2.90. The van der Waals surface area contributed by atoms with Crippen molar-refractivity contribution in [2.45, 2.75) is 25.0 Å². The van der Waals surface area contributed by atoms with Crippen LogP contribution in [0.25, 0.3) is 0 Å². The normalized spacial score (nSPS) is 12.2. The van der Waals surface area contributed by atoms with E-state index in [1.165, 1.54) is 26.8 Å². The van der Waals surface area contributed by atoms with Crippen LogP contribution in [0.1, 0.15) is 12.5 Å². The standard InChI is InChI=1S/C34H32OP2/c1-28(35-27-29-17-7-2-8-18-29)34(36(30-19-9-3-10-20-30)31-21-11-4-12-22-31)37(32-23-13-5-14-24-32)33-25-15-6-16-26-33/h2-26,28,34H,27H2,1H3. The monoisotopic (exact) mass is 518 g/mol. The number of benzene rings is 5. The molecular formula is C34H32OP2. The molecule has 0 saturated heterocycles. The van der Waals surface area contributed by atoms with Crippen LogP contribution in [0.2, 0.25) is 0 Å². The molecule has 0 aliphatic rings. The van der Waals surface area contributed by atoms with E-state index in [1.807, 2.05) is 0 Å². The Labute approximate surface area is 223 Å². The molecule has 184 valence electrons. The zero-order valence-electron chi connectivity index (χ0n) is 21.1. The van der Waals surface area contributed by atoms with Crippen molar-refractivity contribution < 1.29 is 4.74 Å². The zero-order valence-corrected chi connectivity index (χ0v) is 22.9. The van der Waals surface area contributed by atoms with Gasteiger partial charge in [0.05, 0.1) is 12.7 Å². The first-order valence-corrected chi connectivity index (χ1v) is 15.6. The lowest BCUT2D eigenvalue weighted by Crippen LogP contribution is -2.35. The Kier molecular flexibility index (Phi) is 8.94. The highest BCUT2D eigenvalue weighted by Crippen LogP contribution is 2.58. The molecule has 5 aromatic carbocycles. The molecule has 0 amide bonds. The van der Waals surface area contributed by atoms with Crippen molar-refractivity contribution in [2.75, 3.05) is 0 Å². The molecule has 3 heteroatoms. The third-order valence-corrected chi connectivity index (χ3v) is 13.1. The molecule has 0 spiro atoms. The number of hydrogen-bond donors (Lipinski definition) is 0. The van der Waals surface area contributed by atoms with E-state index >= 15 is 0 Å². The minimum absolute atomic E-state index is 0.0400. The van der Waals surface area contributed by atoms with Gasteiger partial charge in [-0.3, -0.25) is 0 Å². The predicted molar refractivity (Wildman–Crippen MR) is 163 cm³/mol. The maximum absolute atomic E-state index is 6.77. The quantitative estimate of drug-likeness (QED) is 0.178. The Morgan fingerprint density at radius 2 is 0.757 bits per heavy atom. The fourth-order valence-corrected chi connectivity index (χ4v) is 12.0. The molecule has 5 aromatic rings. The lowest BCUT2D eigenvalue weighted by molar-refractivity contribution is 0.0629. The highest BCUT2D eigenvalue weighted by atomic mass is 31.2. The lowest BCUT2D eigenvalue weighted by atomic mass is 10.2. The molecule has 0 radical (unpaired) electrons. The molecule has 0 saturated carbocycles. The van der Waals surface area contributed by atoms with E-state index in [2.05, 4.69) is 159 Å². The van der Waals surface area contributed by atoms with Crippen LogP contribution >= 0.6 is 15.8 Å². The number of hydrogen-bond acceptors (Lipinski definition) is 1. The van der Waals surface area contributed by atoms with E-state index in [9.17, 15) is 0 Å². The summed E-state index contributed by atoms with van der Waals surface area (Å²) in [5.74, 6) is 0. The minimum Gasteiger partial charge on any atom is -0.373 e. The van der Waals surface area contributed by atoms with Gasteiger partial charge in [0, 0.05) is 5.40 Å². The number of ether oxygens (including phenoxy) is 1. The zero-order chi connectivity index (χ0) is 25.3. The molecular weight excluding hydrogens is 486 g/mol. The van der Waals surface area contributed by atoms with Gasteiger partial charge in [0.25, 0.3) is 0 Å². The van der Waals surface area contributed by atoms with Crippen molar-refractivity contribution in [3.05, 3.63) is 157 Å². The Morgan fingerprint density at radius 1 is 0.459 bits per heavy atom. The molecule has 0 bridgehead atoms. The van der Waals surface area contributed by atoms with Crippen molar-refractivity contribution in [2.24, 2.45) is 0 Å². The second-order valence-electron chi connectivity index (χ2n) is 9.00. The van der Waals surface area contributed by atoms with E-state index < -0.39 is 15.8 Å². The van der Waals surface area contributed by atoms with Crippen LogP contribution in [0.4, 0.5) is 0 Å². The lowest BCUT2D eigenvalue weighted by Gasteiger charge is -2.39.